The first-order valence-electron chi connectivity index (χ1n) is 5.98. The first-order chi connectivity index (χ1) is 10.4. The van der Waals surface area contributed by atoms with Crippen LogP contribution in [-0.2, 0) is 11.3 Å². The van der Waals surface area contributed by atoms with Crippen LogP contribution >= 0.6 is 23.2 Å². The Morgan fingerprint density at radius 3 is 2.23 bits per heavy atom. The highest BCUT2D eigenvalue weighted by atomic mass is 35.5. The topological polar surface area (TPSA) is 78.7 Å². The molecule has 0 saturated heterocycles. The summed E-state index contributed by atoms with van der Waals surface area (Å²) in [5.41, 5.74) is 0.507. The lowest BCUT2D eigenvalue weighted by Gasteiger charge is -2.06. The molecule has 2 rings (SSSR count). The summed E-state index contributed by atoms with van der Waals surface area (Å²) in [6, 6.07) is 9.81. The van der Waals surface area contributed by atoms with Crippen molar-refractivity contribution >= 4 is 35.0 Å². The van der Waals surface area contributed by atoms with Gasteiger partial charge >= 0.3 is 6.16 Å². The molecule has 0 radical (unpaired) electrons. The molecule has 0 atom stereocenters. The van der Waals surface area contributed by atoms with E-state index in [1.165, 1.54) is 24.3 Å². The number of halogens is 2. The average Bonchev–Trinajstić information content (AvgIpc) is 2.45. The third-order valence-electron chi connectivity index (χ3n) is 2.53. The van der Waals surface area contributed by atoms with Crippen LogP contribution in [0.15, 0.2) is 42.5 Å². The number of nitro benzene ring substituents is 1. The van der Waals surface area contributed by atoms with Crippen molar-refractivity contribution in [2.45, 2.75) is 6.61 Å². The molecule has 0 unspecified atom stereocenters. The Kier molecular flexibility index (Phi) is 5.19. The molecule has 8 heteroatoms. The molecule has 0 bridgehead atoms. The highest BCUT2D eigenvalue weighted by molar-refractivity contribution is 6.34. The van der Waals surface area contributed by atoms with Gasteiger partial charge < -0.3 is 9.47 Å². The van der Waals surface area contributed by atoms with Gasteiger partial charge in [0.1, 0.15) is 12.4 Å². The van der Waals surface area contributed by atoms with E-state index in [1.54, 1.807) is 18.2 Å². The second kappa shape index (κ2) is 7.11. The predicted octanol–water partition coefficient (Wildman–Crippen LogP) is 4.62. The molecular formula is C14H9Cl2NO5. The maximum absolute atomic E-state index is 11.5. The number of carbonyl (C=O) groups is 1. The van der Waals surface area contributed by atoms with E-state index in [-0.39, 0.29) is 18.0 Å². The van der Waals surface area contributed by atoms with Gasteiger partial charge in [-0.25, -0.2) is 4.79 Å². The summed E-state index contributed by atoms with van der Waals surface area (Å²) < 4.78 is 9.79. The van der Waals surface area contributed by atoms with E-state index in [0.717, 1.165) is 0 Å². The molecule has 0 fully saturated rings. The number of nitrogens with zero attached hydrogens (tertiary/aromatic N) is 1. The fraction of sp³-hybridized carbons (Fsp3) is 0.0714. The molecule has 0 aliphatic heterocycles. The Balaban J connectivity index is 1.91. The summed E-state index contributed by atoms with van der Waals surface area (Å²) in [5.74, 6) is 0.139. The molecule has 2 aromatic rings. The Hall–Kier alpha value is -2.31. The van der Waals surface area contributed by atoms with Gasteiger partial charge in [0.25, 0.3) is 5.69 Å². The summed E-state index contributed by atoms with van der Waals surface area (Å²) in [7, 11) is 0. The lowest BCUT2D eigenvalue weighted by atomic mass is 10.2. The molecule has 0 aliphatic rings. The third-order valence-corrected chi connectivity index (χ3v) is 2.96. The van der Waals surface area contributed by atoms with Gasteiger partial charge in [0, 0.05) is 22.2 Å². The first kappa shape index (κ1) is 16.1. The minimum absolute atomic E-state index is 0.0634. The van der Waals surface area contributed by atoms with E-state index in [4.69, 9.17) is 32.7 Å². The Morgan fingerprint density at radius 2 is 1.68 bits per heavy atom. The van der Waals surface area contributed by atoms with Gasteiger partial charge in [-0.15, -0.1) is 0 Å². The predicted molar refractivity (Wildman–Crippen MR) is 80.4 cm³/mol. The number of rotatable bonds is 4. The van der Waals surface area contributed by atoms with E-state index in [2.05, 4.69) is 0 Å². The number of ether oxygens (including phenoxy) is 2. The Morgan fingerprint density at radius 1 is 1.09 bits per heavy atom. The third kappa shape index (κ3) is 4.61. The zero-order chi connectivity index (χ0) is 16.1. The van der Waals surface area contributed by atoms with Crippen molar-refractivity contribution in [2.24, 2.45) is 0 Å². The van der Waals surface area contributed by atoms with Gasteiger partial charge in [-0.05, 0) is 35.9 Å². The van der Waals surface area contributed by atoms with E-state index < -0.39 is 11.1 Å². The van der Waals surface area contributed by atoms with Crippen LogP contribution in [0, 0.1) is 10.1 Å². The van der Waals surface area contributed by atoms with Crippen LogP contribution in [0.2, 0.25) is 10.0 Å². The standard InChI is InChI=1S/C14H9Cl2NO5/c15-10-5-9(6-11(16)7-10)8-21-14(18)22-13-3-1-12(2-4-13)17(19)20/h1-7H,8H2. The fourth-order valence-electron chi connectivity index (χ4n) is 1.60. The lowest BCUT2D eigenvalue weighted by molar-refractivity contribution is -0.384. The lowest BCUT2D eigenvalue weighted by Crippen LogP contribution is -2.10. The largest absolute Gasteiger partial charge is 0.514 e. The smallest absolute Gasteiger partial charge is 0.429 e. The normalized spacial score (nSPS) is 10.1. The maximum Gasteiger partial charge on any atom is 0.514 e. The van der Waals surface area contributed by atoms with Crippen LogP contribution in [0.3, 0.4) is 0 Å². The van der Waals surface area contributed by atoms with Crippen molar-refractivity contribution in [1.82, 2.24) is 0 Å². The quantitative estimate of drug-likeness (QED) is 0.351. The fourth-order valence-corrected chi connectivity index (χ4v) is 2.17. The van der Waals surface area contributed by atoms with Crippen molar-refractivity contribution in [3.05, 3.63) is 68.2 Å². The Bertz CT molecular complexity index is 683. The molecular weight excluding hydrogens is 333 g/mol. The van der Waals surface area contributed by atoms with Crippen LogP contribution in [0.4, 0.5) is 10.5 Å². The molecule has 0 spiro atoms. The van der Waals surface area contributed by atoms with Gasteiger partial charge in [0.2, 0.25) is 0 Å². The molecule has 0 aromatic heterocycles. The summed E-state index contributed by atoms with van der Waals surface area (Å²) in [6.45, 7) is -0.0634. The second-order valence-electron chi connectivity index (χ2n) is 4.17. The zero-order valence-electron chi connectivity index (χ0n) is 11.0. The van der Waals surface area contributed by atoms with Crippen molar-refractivity contribution < 1.29 is 19.2 Å². The highest BCUT2D eigenvalue weighted by Crippen LogP contribution is 2.20. The summed E-state index contributed by atoms with van der Waals surface area (Å²) in [4.78, 5) is 21.5. The van der Waals surface area contributed by atoms with Gasteiger partial charge in [0.05, 0.1) is 4.92 Å². The van der Waals surface area contributed by atoms with Crippen molar-refractivity contribution in [3.8, 4) is 5.75 Å². The SMILES string of the molecule is O=C(OCc1cc(Cl)cc(Cl)c1)Oc1ccc([N+](=O)[O-])cc1. The Labute approximate surface area is 135 Å². The summed E-state index contributed by atoms with van der Waals surface area (Å²) in [6.07, 6.45) is -0.940. The van der Waals surface area contributed by atoms with Gasteiger partial charge in [-0.3, -0.25) is 10.1 Å². The number of carbonyl (C=O) groups excluding carboxylic acids is 1. The van der Waals surface area contributed by atoms with E-state index in [0.29, 0.717) is 15.6 Å². The second-order valence-corrected chi connectivity index (χ2v) is 5.04. The van der Waals surface area contributed by atoms with E-state index in [9.17, 15) is 14.9 Å². The van der Waals surface area contributed by atoms with Crippen LogP contribution in [0.25, 0.3) is 0 Å². The summed E-state index contributed by atoms with van der Waals surface area (Å²) >= 11 is 11.6. The molecule has 0 N–H and O–H groups in total. The van der Waals surface area contributed by atoms with Crippen LogP contribution < -0.4 is 4.74 Å². The van der Waals surface area contributed by atoms with Crippen molar-refractivity contribution in [2.75, 3.05) is 0 Å². The minimum Gasteiger partial charge on any atom is -0.429 e. The number of nitro groups is 1. The van der Waals surface area contributed by atoms with Crippen molar-refractivity contribution in [3.63, 3.8) is 0 Å². The van der Waals surface area contributed by atoms with Gasteiger partial charge in [-0.1, -0.05) is 23.2 Å². The first-order valence-corrected chi connectivity index (χ1v) is 6.73. The number of hydrogen-bond donors (Lipinski definition) is 0. The molecule has 6 nitrogen and oxygen atoms in total. The van der Waals surface area contributed by atoms with E-state index >= 15 is 0 Å². The molecule has 0 heterocycles. The summed E-state index contributed by atoms with van der Waals surface area (Å²) in [5, 5.41) is 11.4. The zero-order valence-corrected chi connectivity index (χ0v) is 12.5. The number of benzene rings is 2. The molecule has 114 valence electrons. The number of hydrogen-bond acceptors (Lipinski definition) is 5. The number of non-ortho nitro benzene ring substituents is 1. The highest BCUT2D eigenvalue weighted by Gasteiger charge is 2.10. The molecule has 2 aromatic carbocycles. The maximum atomic E-state index is 11.5. The monoisotopic (exact) mass is 341 g/mol. The average molecular weight is 342 g/mol. The minimum atomic E-state index is -0.940. The molecule has 0 aliphatic carbocycles. The van der Waals surface area contributed by atoms with Gasteiger partial charge in [-0.2, -0.15) is 0 Å². The van der Waals surface area contributed by atoms with Crippen LogP contribution in [0.5, 0.6) is 5.75 Å². The van der Waals surface area contributed by atoms with Crippen LogP contribution in [0.1, 0.15) is 5.56 Å². The molecule has 0 saturated carbocycles. The molecule has 0 amide bonds. The van der Waals surface area contributed by atoms with E-state index in [1.807, 2.05) is 0 Å². The van der Waals surface area contributed by atoms with Crippen molar-refractivity contribution in [1.29, 1.82) is 0 Å². The van der Waals surface area contributed by atoms with Gasteiger partial charge in [0.15, 0.2) is 0 Å². The van der Waals surface area contributed by atoms with Crippen LogP contribution in [-0.4, -0.2) is 11.1 Å². The molecule has 22 heavy (non-hydrogen) atoms.